The van der Waals surface area contributed by atoms with Gasteiger partial charge in [0.05, 0.1) is 10.6 Å². The van der Waals surface area contributed by atoms with E-state index in [1.165, 1.54) is 0 Å². The number of halogens is 2. The van der Waals surface area contributed by atoms with E-state index in [2.05, 4.69) is 26.6 Å². The summed E-state index contributed by atoms with van der Waals surface area (Å²) in [4.78, 5) is 12.4. The van der Waals surface area contributed by atoms with Crippen LogP contribution in [0.4, 0.5) is 5.69 Å². The summed E-state index contributed by atoms with van der Waals surface area (Å²) < 4.78 is 6.34. The van der Waals surface area contributed by atoms with Gasteiger partial charge in [-0.2, -0.15) is 0 Å². The van der Waals surface area contributed by atoms with E-state index in [0.717, 1.165) is 11.3 Å². The van der Waals surface area contributed by atoms with Gasteiger partial charge in [0.25, 0.3) is 5.91 Å². The first-order valence-corrected chi connectivity index (χ1v) is 9.19. The highest BCUT2D eigenvalue weighted by Crippen LogP contribution is 2.27. The number of benzene rings is 2. The zero-order chi connectivity index (χ0) is 18.6. The van der Waals surface area contributed by atoms with E-state index in [9.17, 15) is 4.79 Å². The highest BCUT2D eigenvalue weighted by atomic mass is 79.9. The Hall–Kier alpha value is -1.63. The van der Waals surface area contributed by atoms with Gasteiger partial charge in [0, 0.05) is 16.3 Å². The summed E-state index contributed by atoms with van der Waals surface area (Å²) >= 11 is 14.7. The molecule has 0 bridgehead atoms. The van der Waals surface area contributed by atoms with E-state index in [-0.39, 0.29) is 17.1 Å². The second kappa shape index (κ2) is 8.65. The molecular weight excluding hydrogens is 424 g/mol. The Kier molecular flexibility index (Phi) is 6.81. The third-order valence-corrected chi connectivity index (χ3v) is 4.53. The lowest BCUT2D eigenvalue weighted by Crippen LogP contribution is -2.34. The molecule has 4 nitrogen and oxygen atoms in total. The molecule has 0 saturated carbocycles. The Morgan fingerprint density at radius 1 is 1.28 bits per heavy atom. The minimum Gasteiger partial charge on any atom is -0.490 e. The Balaban J connectivity index is 2.05. The van der Waals surface area contributed by atoms with Crippen LogP contribution < -0.4 is 15.4 Å². The molecule has 0 spiro atoms. The van der Waals surface area contributed by atoms with Crippen LogP contribution in [-0.4, -0.2) is 17.1 Å². The van der Waals surface area contributed by atoms with Crippen molar-refractivity contribution in [3.05, 3.63) is 57.0 Å². The summed E-state index contributed by atoms with van der Waals surface area (Å²) in [5, 5.41) is 6.47. The summed E-state index contributed by atoms with van der Waals surface area (Å²) in [6.45, 7) is 5.75. The number of rotatable bonds is 4. The Labute approximate surface area is 166 Å². The summed E-state index contributed by atoms with van der Waals surface area (Å²) in [6, 6.07) is 10.6. The third-order valence-electron chi connectivity index (χ3n) is 3.30. The van der Waals surface area contributed by atoms with E-state index in [4.69, 9.17) is 28.6 Å². The number of ether oxygens (including phenoxy) is 1. The van der Waals surface area contributed by atoms with Gasteiger partial charge in [0.15, 0.2) is 5.11 Å². The first-order valence-electron chi connectivity index (χ1n) is 7.61. The number of nitrogens with one attached hydrogen (secondary N) is 2. The number of hydrogen-bond donors (Lipinski definition) is 2. The second-order valence-electron chi connectivity index (χ2n) is 5.63. The monoisotopic (exact) mass is 440 g/mol. The van der Waals surface area contributed by atoms with Crippen molar-refractivity contribution >= 4 is 56.5 Å². The largest absolute Gasteiger partial charge is 0.490 e. The van der Waals surface area contributed by atoms with Crippen molar-refractivity contribution in [3.63, 3.8) is 0 Å². The molecule has 0 aliphatic carbocycles. The van der Waals surface area contributed by atoms with Crippen molar-refractivity contribution in [1.82, 2.24) is 5.32 Å². The molecule has 0 aromatic heterocycles. The quantitative estimate of drug-likeness (QED) is 0.630. The first-order chi connectivity index (χ1) is 11.8. The standard InChI is InChI=1S/C18H18BrClN2O2S/c1-10(2)24-16-8-7-12(9-13(16)19)17(23)22-18(25)21-15-6-4-5-14(20)11(15)3/h4-10H,1-3H3,(H2,21,22,23,25). The molecule has 0 heterocycles. The van der Waals surface area contributed by atoms with Gasteiger partial charge in [0.1, 0.15) is 5.75 Å². The molecule has 25 heavy (non-hydrogen) atoms. The molecule has 2 N–H and O–H groups in total. The van der Waals surface area contributed by atoms with Gasteiger partial charge >= 0.3 is 0 Å². The first kappa shape index (κ1) is 19.7. The van der Waals surface area contributed by atoms with Crippen LogP contribution in [0.15, 0.2) is 40.9 Å². The molecule has 1 amide bonds. The van der Waals surface area contributed by atoms with Crippen molar-refractivity contribution in [2.45, 2.75) is 26.9 Å². The molecule has 0 atom stereocenters. The fourth-order valence-electron chi connectivity index (χ4n) is 2.06. The molecule has 0 aliphatic rings. The van der Waals surface area contributed by atoms with Gasteiger partial charge in [-0.3, -0.25) is 10.1 Å². The van der Waals surface area contributed by atoms with Crippen LogP contribution in [0.1, 0.15) is 29.8 Å². The lowest BCUT2D eigenvalue weighted by molar-refractivity contribution is 0.0977. The zero-order valence-electron chi connectivity index (χ0n) is 14.0. The average Bonchev–Trinajstić information content (AvgIpc) is 2.53. The van der Waals surface area contributed by atoms with Crippen LogP contribution in [0.5, 0.6) is 5.75 Å². The Bertz CT molecular complexity index is 812. The summed E-state index contributed by atoms with van der Waals surface area (Å²) in [7, 11) is 0. The molecule has 132 valence electrons. The summed E-state index contributed by atoms with van der Waals surface area (Å²) in [5.41, 5.74) is 2.08. The highest BCUT2D eigenvalue weighted by molar-refractivity contribution is 9.10. The van der Waals surface area contributed by atoms with Gasteiger partial charge in [-0.25, -0.2) is 0 Å². The van der Waals surface area contributed by atoms with E-state index in [1.54, 1.807) is 24.3 Å². The maximum atomic E-state index is 12.4. The van der Waals surface area contributed by atoms with E-state index >= 15 is 0 Å². The predicted molar refractivity (Wildman–Crippen MR) is 110 cm³/mol. The topological polar surface area (TPSA) is 50.4 Å². The van der Waals surface area contributed by atoms with Crippen molar-refractivity contribution in [3.8, 4) is 5.75 Å². The Morgan fingerprint density at radius 2 is 2.00 bits per heavy atom. The number of carbonyl (C=O) groups is 1. The number of hydrogen-bond acceptors (Lipinski definition) is 3. The van der Waals surface area contributed by atoms with Gasteiger partial charge in [-0.05, 0) is 84.8 Å². The fraction of sp³-hybridized carbons (Fsp3) is 0.222. The molecule has 0 unspecified atom stereocenters. The highest BCUT2D eigenvalue weighted by Gasteiger charge is 2.12. The lowest BCUT2D eigenvalue weighted by Gasteiger charge is -2.14. The molecular formula is C18H18BrClN2O2S. The number of amides is 1. The van der Waals surface area contributed by atoms with Gasteiger partial charge in [0.2, 0.25) is 0 Å². The van der Waals surface area contributed by atoms with E-state index < -0.39 is 0 Å². The second-order valence-corrected chi connectivity index (χ2v) is 7.30. The van der Waals surface area contributed by atoms with Crippen LogP contribution in [0.25, 0.3) is 0 Å². The fourth-order valence-corrected chi connectivity index (χ4v) is 2.91. The lowest BCUT2D eigenvalue weighted by atomic mass is 10.2. The van der Waals surface area contributed by atoms with Gasteiger partial charge in [-0.1, -0.05) is 17.7 Å². The Morgan fingerprint density at radius 3 is 2.64 bits per heavy atom. The van der Waals surface area contributed by atoms with Crippen LogP contribution in [0, 0.1) is 6.92 Å². The summed E-state index contributed by atoms with van der Waals surface area (Å²) in [5.74, 6) is 0.371. The molecule has 2 aromatic rings. The molecule has 2 aromatic carbocycles. The van der Waals surface area contributed by atoms with Crippen molar-refractivity contribution in [1.29, 1.82) is 0 Å². The third kappa shape index (κ3) is 5.42. The number of carbonyl (C=O) groups excluding carboxylic acids is 1. The molecule has 0 radical (unpaired) electrons. The minimum atomic E-state index is -0.311. The van der Waals surface area contributed by atoms with E-state index in [1.807, 2.05) is 32.9 Å². The van der Waals surface area contributed by atoms with Crippen molar-refractivity contribution in [2.24, 2.45) is 0 Å². The van der Waals surface area contributed by atoms with Crippen LogP contribution in [-0.2, 0) is 0 Å². The SMILES string of the molecule is Cc1c(Cl)cccc1NC(=S)NC(=O)c1ccc(OC(C)C)c(Br)c1. The van der Waals surface area contributed by atoms with E-state index in [0.29, 0.717) is 20.8 Å². The number of anilines is 1. The molecule has 0 fully saturated rings. The average molecular weight is 442 g/mol. The van der Waals surface area contributed by atoms with Crippen LogP contribution in [0.2, 0.25) is 5.02 Å². The molecule has 0 saturated heterocycles. The molecule has 2 rings (SSSR count). The zero-order valence-corrected chi connectivity index (χ0v) is 17.2. The summed E-state index contributed by atoms with van der Waals surface area (Å²) in [6.07, 6.45) is 0.0497. The molecule has 0 aliphatic heterocycles. The molecule has 7 heteroatoms. The normalized spacial score (nSPS) is 10.5. The van der Waals surface area contributed by atoms with Crippen LogP contribution in [0.3, 0.4) is 0 Å². The maximum absolute atomic E-state index is 12.4. The van der Waals surface area contributed by atoms with Crippen molar-refractivity contribution in [2.75, 3.05) is 5.32 Å². The van der Waals surface area contributed by atoms with Crippen molar-refractivity contribution < 1.29 is 9.53 Å². The predicted octanol–water partition coefficient (Wildman–Crippen LogP) is 5.32. The van der Waals surface area contributed by atoms with Crippen LogP contribution >= 0.6 is 39.7 Å². The maximum Gasteiger partial charge on any atom is 0.257 e. The smallest absolute Gasteiger partial charge is 0.257 e. The number of thiocarbonyl (C=S) groups is 1. The van der Waals surface area contributed by atoms with Gasteiger partial charge < -0.3 is 10.1 Å². The minimum absolute atomic E-state index is 0.0497. The van der Waals surface area contributed by atoms with Gasteiger partial charge in [-0.15, -0.1) is 0 Å².